The van der Waals surface area contributed by atoms with Crippen LogP contribution in [0.25, 0.3) is 0 Å². The van der Waals surface area contributed by atoms with E-state index >= 15 is 0 Å². The van der Waals surface area contributed by atoms with E-state index in [-0.39, 0.29) is 5.41 Å². The van der Waals surface area contributed by atoms with Gasteiger partial charge in [-0.05, 0) is 60.3 Å². The second kappa shape index (κ2) is 5.64. The normalized spacial score (nSPS) is 28.3. The molecule has 22 heavy (non-hydrogen) atoms. The molecular weight excluding hydrogens is 272 g/mol. The molecule has 1 aliphatic heterocycles. The monoisotopic (exact) mass is 296 g/mol. The van der Waals surface area contributed by atoms with Crippen LogP contribution in [-0.2, 0) is 4.74 Å². The average molecular weight is 296 g/mol. The summed E-state index contributed by atoms with van der Waals surface area (Å²) in [4.78, 5) is 4.63. The second-order valence-electron chi connectivity index (χ2n) is 6.93. The van der Waals surface area contributed by atoms with Crippen molar-refractivity contribution in [1.29, 1.82) is 0 Å². The van der Waals surface area contributed by atoms with E-state index in [0.717, 1.165) is 41.2 Å². The molecule has 3 aliphatic rings. The molecule has 0 aromatic rings. The number of dihydropyridines is 1. The number of rotatable bonds is 2. The Kier molecular flexibility index (Phi) is 3.81. The molecule has 0 amide bonds. The third-order valence-corrected chi connectivity index (χ3v) is 4.39. The van der Waals surface area contributed by atoms with E-state index in [1.165, 1.54) is 0 Å². The molecule has 0 saturated heterocycles. The molecule has 0 fully saturated rings. The van der Waals surface area contributed by atoms with Crippen molar-refractivity contribution in [3.8, 4) is 0 Å². The van der Waals surface area contributed by atoms with Crippen LogP contribution in [0.5, 0.6) is 0 Å². The lowest BCUT2D eigenvalue weighted by atomic mass is 9.83. The molecule has 0 aromatic carbocycles. The first-order valence-electron chi connectivity index (χ1n) is 7.93. The van der Waals surface area contributed by atoms with Gasteiger partial charge < -0.3 is 10.5 Å². The Hall–Kier alpha value is -2.03. The van der Waals surface area contributed by atoms with E-state index in [4.69, 9.17) is 10.5 Å². The summed E-state index contributed by atoms with van der Waals surface area (Å²) in [6.45, 7) is 7.32. The lowest BCUT2D eigenvalue weighted by Gasteiger charge is -2.28. The summed E-state index contributed by atoms with van der Waals surface area (Å²) in [6.07, 6.45) is 14.3. The van der Waals surface area contributed by atoms with Crippen molar-refractivity contribution in [1.82, 2.24) is 0 Å². The summed E-state index contributed by atoms with van der Waals surface area (Å²) in [7, 11) is 0. The molecule has 0 bridgehead atoms. The van der Waals surface area contributed by atoms with Gasteiger partial charge in [0.1, 0.15) is 11.5 Å². The molecule has 1 atom stereocenters. The first kappa shape index (κ1) is 14.9. The number of hydrogen-bond donors (Lipinski definition) is 1. The number of nitrogens with two attached hydrogens (primary N) is 1. The van der Waals surface area contributed by atoms with Crippen LogP contribution in [-0.4, -0.2) is 12.3 Å². The smallest absolute Gasteiger partial charge is 0.134 e. The third kappa shape index (κ3) is 2.94. The Bertz CT molecular complexity index is 657. The van der Waals surface area contributed by atoms with Gasteiger partial charge in [-0.1, -0.05) is 26.8 Å². The van der Waals surface area contributed by atoms with Gasteiger partial charge in [-0.15, -0.1) is 0 Å². The Balaban J connectivity index is 1.88. The van der Waals surface area contributed by atoms with Crippen LogP contribution in [0.2, 0.25) is 0 Å². The highest BCUT2D eigenvalue weighted by atomic mass is 16.5. The van der Waals surface area contributed by atoms with Crippen LogP contribution < -0.4 is 5.73 Å². The minimum absolute atomic E-state index is 0.147. The van der Waals surface area contributed by atoms with Crippen LogP contribution in [0, 0.1) is 11.3 Å². The van der Waals surface area contributed by atoms with Gasteiger partial charge in [-0.25, -0.2) is 0 Å². The van der Waals surface area contributed by atoms with E-state index in [0.29, 0.717) is 12.5 Å². The van der Waals surface area contributed by atoms with Crippen LogP contribution in [0.4, 0.5) is 0 Å². The van der Waals surface area contributed by atoms with Crippen LogP contribution >= 0.6 is 0 Å². The Labute approximate surface area is 132 Å². The molecule has 0 spiro atoms. The first-order chi connectivity index (χ1) is 10.5. The van der Waals surface area contributed by atoms with Crippen molar-refractivity contribution in [3.05, 3.63) is 59.2 Å². The van der Waals surface area contributed by atoms with Gasteiger partial charge in [0.2, 0.25) is 0 Å². The second-order valence-corrected chi connectivity index (χ2v) is 6.93. The highest BCUT2D eigenvalue weighted by Gasteiger charge is 2.27. The number of ether oxygens (including phenoxy) is 1. The molecule has 116 valence electrons. The van der Waals surface area contributed by atoms with Gasteiger partial charge in [0.25, 0.3) is 0 Å². The molecule has 3 nitrogen and oxygen atoms in total. The number of aliphatic imine (C=N–C) groups is 1. The molecule has 2 aliphatic carbocycles. The Morgan fingerprint density at radius 3 is 2.95 bits per heavy atom. The van der Waals surface area contributed by atoms with Crippen LogP contribution in [0.1, 0.15) is 33.6 Å². The molecule has 3 heteroatoms. The van der Waals surface area contributed by atoms with E-state index in [1.807, 2.05) is 0 Å². The van der Waals surface area contributed by atoms with E-state index in [9.17, 15) is 0 Å². The van der Waals surface area contributed by atoms with Crippen molar-refractivity contribution < 1.29 is 4.74 Å². The van der Waals surface area contributed by atoms with Crippen molar-refractivity contribution >= 4 is 5.71 Å². The maximum atomic E-state index is 6.18. The third-order valence-electron chi connectivity index (χ3n) is 4.39. The predicted octanol–water partition coefficient (Wildman–Crippen LogP) is 4.02. The number of fused-ring (bicyclic) bond motifs is 1. The summed E-state index contributed by atoms with van der Waals surface area (Å²) in [6, 6.07) is 0. The lowest BCUT2D eigenvalue weighted by molar-refractivity contribution is 0.312. The number of nitrogens with zero attached hydrogens (tertiary/aromatic N) is 1. The molecule has 1 heterocycles. The highest BCUT2D eigenvalue weighted by Crippen LogP contribution is 2.35. The van der Waals surface area contributed by atoms with Gasteiger partial charge in [-0.3, -0.25) is 4.99 Å². The standard InChI is InChI=1S/C19H24N2O/c1-13-9-17-16(10-14(13)12-20)18(6-8-21-17)22-15-5-4-7-19(2,3)11-15/h4-6,10-13H,7-9,20H2,1-3H3/t13-/m1/s1. The fourth-order valence-electron chi connectivity index (χ4n) is 3.09. The van der Waals surface area contributed by atoms with E-state index in [1.54, 1.807) is 6.20 Å². The summed E-state index contributed by atoms with van der Waals surface area (Å²) in [5.74, 6) is 2.24. The van der Waals surface area contributed by atoms with Crippen molar-refractivity contribution in [3.63, 3.8) is 0 Å². The fourth-order valence-corrected chi connectivity index (χ4v) is 3.09. The van der Waals surface area contributed by atoms with Crippen molar-refractivity contribution in [2.45, 2.75) is 33.6 Å². The molecule has 0 radical (unpaired) electrons. The lowest BCUT2D eigenvalue weighted by Crippen LogP contribution is -2.22. The minimum atomic E-state index is 0.147. The minimum Gasteiger partial charge on any atom is -0.457 e. The van der Waals surface area contributed by atoms with Gasteiger partial charge in [-0.2, -0.15) is 0 Å². The summed E-state index contributed by atoms with van der Waals surface area (Å²) in [5.41, 5.74) is 9.27. The predicted molar refractivity (Wildman–Crippen MR) is 91.2 cm³/mol. The maximum absolute atomic E-state index is 6.18. The molecule has 0 saturated carbocycles. The highest BCUT2D eigenvalue weighted by molar-refractivity contribution is 6.06. The van der Waals surface area contributed by atoms with Crippen LogP contribution in [0.3, 0.4) is 0 Å². The van der Waals surface area contributed by atoms with Crippen LogP contribution in [0.15, 0.2) is 64.2 Å². The quantitative estimate of drug-likeness (QED) is 0.836. The zero-order valence-electron chi connectivity index (χ0n) is 13.6. The average Bonchev–Trinajstić information content (AvgIpc) is 2.46. The number of hydrogen-bond acceptors (Lipinski definition) is 3. The SMILES string of the molecule is C[C@@H]1CC2=NCC=C(OC3=CC(C)(C)CC=C3)C2=CC1=CN. The molecule has 0 aromatic heterocycles. The zero-order valence-corrected chi connectivity index (χ0v) is 13.6. The number of allylic oxidation sites excluding steroid dienone is 6. The van der Waals surface area contributed by atoms with E-state index < -0.39 is 0 Å². The maximum Gasteiger partial charge on any atom is 0.134 e. The zero-order chi connectivity index (χ0) is 15.7. The summed E-state index contributed by atoms with van der Waals surface area (Å²) >= 11 is 0. The first-order valence-corrected chi connectivity index (χ1v) is 7.93. The Morgan fingerprint density at radius 1 is 1.41 bits per heavy atom. The Morgan fingerprint density at radius 2 is 2.23 bits per heavy atom. The van der Waals surface area contributed by atoms with Gasteiger partial charge in [0, 0.05) is 11.3 Å². The molecular formula is C19H24N2O. The fraction of sp³-hybridized carbons (Fsp3) is 0.421. The summed E-state index contributed by atoms with van der Waals surface area (Å²) < 4.78 is 6.18. The van der Waals surface area contributed by atoms with Gasteiger partial charge >= 0.3 is 0 Å². The van der Waals surface area contributed by atoms with Crippen molar-refractivity contribution in [2.24, 2.45) is 22.1 Å². The topological polar surface area (TPSA) is 47.6 Å². The van der Waals surface area contributed by atoms with Gasteiger partial charge in [0.05, 0.1) is 6.54 Å². The van der Waals surface area contributed by atoms with Crippen molar-refractivity contribution in [2.75, 3.05) is 6.54 Å². The molecule has 2 N–H and O–H groups in total. The summed E-state index contributed by atoms with van der Waals surface area (Å²) in [5, 5.41) is 0. The molecule has 0 unspecified atom stereocenters. The van der Waals surface area contributed by atoms with Gasteiger partial charge in [0.15, 0.2) is 0 Å². The van der Waals surface area contributed by atoms with E-state index in [2.05, 4.69) is 56.1 Å². The largest absolute Gasteiger partial charge is 0.457 e. The molecule has 3 rings (SSSR count).